The van der Waals surface area contributed by atoms with Crippen molar-refractivity contribution < 1.29 is 9.00 Å². The van der Waals surface area contributed by atoms with Crippen molar-refractivity contribution in [2.75, 3.05) is 19.3 Å². The maximum Gasteiger partial charge on any atom is 0.224 e. The van der Waals surface area contributed by atoms with Crippen LogP contribution in [-0.2, 0) is 15.6 Å². The molecule has 0 fully saturated rings. The van der Waals surface area contributed by atoms with E-state index in [2.05, 4.69) is 5.32 Å². The monoisotopic (exact) mass is 248 g/mol. The van der Waals surface area contributed by atoms with E-state index >= 15 is 0 Å². The zero-order valence-corrected chi connectivity index (χ0v) is 11.3. The number of hydrogen-bond acceptors (Lipinski definition) is 3. The van der Waals surface area contributed by atoms with Crippen molar-refractivity contribution in [3.8, 4) is 0 Å². The topological polar surface area (TPSA) is 72.2 Å². The molecule has 0 heterocycles. The third-order valence-electron chi connectivity index (χ3n) is 2.71. The molecule has 0 aliphatic heterocycles. The summed E-state index contributed by atoms with van der Waals surface area (Å²) in [5.74, 6) is -0.0501. The lowest BCUT2D eigenvalue weighted by atomic mass is 10.0. The Morgan fingerprint density at radius 3 is 2.50 bits per heavy atom. The highest BCUT2D eigenvalue weighted by molar-refractivity contribution is 7.84. The maximum absolute atomic E-state index is 11.6. The molecule has 0 radical (unpaired) electrons. The summed E-state index contributed by atoms with van der Waals surface area (Å²) in [6, 6.07) is 0. The highest BCUT2D eigenvalue weighted by Gasteiger charge is 2.15. The summed E-state index contributed by atoms with van der Waals surface area (Å²) in [5.41, 5.74) is 5.53. The Bertz CT molecular complexity index is 234. The molecule has 0 aliphatic rings. The van der Waals surface area contributed by atoms with Gasteiger partial charge in [-0.3, -0.25) is 9.00 Å². The Kier molecular flexibility index (Phi) is 8.47. The largest absolute Gasteiger partial charge is 0.356 e. The Morgan fingerprint density at radius 1 is 1.44 bits per heavy atom. The third kappa shape index (κ3) is 6.23. The van der Waals surface area contributed by atoms with Crippen LogP contribution in [0.3, 0.4) is 0 Å². The Hall–Kier alpha value is -0.420. The van der Waals surface area contributed by atoms with Crippen LogP contribution in [0.4, 0.5) is 0 Å². The van der Waals surface area contributed by atoms with E-state index in [0.29, 0.717) is 13.1 Å². The number of nitrogens with one attached hydrogen (secondary N) is 1. The van der Waals surface area contributed by atoms with Crippen LogP contribution >= 0.6 is 0 Å². The first kappa shape index (κ1) is 15.6. The van der Waals surface area contributed by atoms with Crippen LogP contribution in [0.2, 0.25) is 0 Å². The van der Waals surface area contributed by atoms with E-state index in [4.69, 9.17) is 5.73 Å². The van der Waals surface area contributed by atoms with Crippen LogP contribution < -0.4 is 11.1 Å². The minimum absolute atomic E-state index is 0.0263. The summed E-state index contributed by atoms with van der Waals surface area (Å²) >= 11 is 0. The smallest absolute Gasteiger partial charge is 0.224 e. The van der Waals surface area contributed by atoms with Gasteiger partial charge in [-0.15, -0.1) is 0 Å². The second-order valence-electron chi connectivity index (χ2n) is 4.11. The lowest BCUT2D eigenvalue weighted by Gasteiger charge is -2.15. The van der Waals surface area contributed by atoms with E-state index in [9.17, 15) is 9.00 Å². The molecule has 3 N–H and O–H groups in total. The van der Waals surface area contributed by atoms with Crippen molar-refractivity contribution >= 4 is 16.7 Å². The number of carbonyl (C=O) groups excluding carboxylic acids is 1. The molecule has 0 saturated heterocycles. The number of amides is 1. The molecule has 1 amide bonds. The zero-order chi connectivity index (χ0) is 12.6. The van der Waals surface area contributed by atoms with Gasteiger partial charge in [-0.25, -0.2) is 0 Å². The fraction of sp³-hybridized carbons (Fsp3) is 0.909. The van der Waals surface area contributed by atoms with E-state index in [1.165, 1.54) is 0 Å². The lowest BCUT2D eigenvalue weighted by Crippen LogP contribution is -2.36. The van der Waals surface area contributed by atoms with E-state index in [0.717, 1.165) is 19.3 Å². The quantitative estimate of drug-likeness (QED) is 0.662. The molecule has 0 aliphatic carbocycles. The van der Waals surface area contributed by atoms with Crippen LogP contribution in [0.1, 0.15) is 33.1 Å². The second kappa shape index (κ2) is 8.70. The molecule has 4 nitrogen and oxygen atoms in total. The van der Waals surface area contributed by atoms with Crippen molar-refractivity contribution in [2.45, 2.75) is 38.4 Å². The van der Waals surface area contributed by atoms with Gasteiger partial charge in [-0.1, -0.05) is 20.3 Å². The summed E-state index contributed by atoms with van der Waals surface area (Å²) in [5, 5.41) is 2.98. The van der Waals surface area contributed by atoms with E-state index in [1.807, 2.05) is 13.8 Å². The van der Waals surface area contributed by atoms with E-state index in [-0.39, 0.29) is 17.1 Å². The molecule has 0 spiro atoms. The summed E-state index contributed by atoms with van der Waals surface area (Å²) in [7, 11) is -0.817. The van der Waals surface area contributed by atoms with Gasteiger partial charge in [0.2, 0.25) is 5.91 Å². The molecule has 16 heavy (non-hydrogen) atoms. The summed E-state index contributed by atoms with van der Waals surface area (Å²) in [6.45, 7) is 4.95. The highest BCUT2D eigenvalue weighted by atomic mass is 32.2. The predicted molar refractivity (Wildman–Crippen MR) is 68.6 cm³/mol. The molecule has 0 aromatic carbocycles. The molecule has 0 bridgehead atoms. The minimum atomic E-state index is -0.817. The van der Waals surface area contributed by atoms with Gasteiger partial charge < -0.3 is 11.1 Å². The van der Waals surface area contributed by atoms with E-state index < -0.39 is 10.8 Å². The fourth-order valence-corrected chi connectivity index (χ4v) is 1.86. The predicted octanol–water partition coefficient (Wildman–Crippen LogP) is 0.635. The van der Waals surface area contributed by atoms with Gasteiger partial charge in [-0.05, 0) is 12.8 Å². The molecular formula is C11H24N2O2S. The van der Waals surface area contributed by atoms with Crippen molar-refractivity contribution in [3.63, 3.8) is 0 Å². The number of carbonyl (C=O) groups is 1. The molecule has 96 valence electrons. The maximum atomic E-state index is 11.6. The van der Waals surface area contributed by atoms with Crippen LogP contribution in [0.25, 0.3) is 0 Å². The minimum Gasteiger partial charge on any atom is -0.356 e. The summed E-state index contributed by atoms with van der Waals surface area (Å²) < 4.78 is 11.1. The molecule has 0 saturated carbocycles. The van der Waals surface area contributed by atoms with E-state index in [1.54, 1.807) is 6.26 Å². The molecule has 0 aromatic rings. The van der Waals surface area contributed by atoms with Gasteiger partial charge in [0, 0.05) is 35.4 Å². The average molecular weight is 248 g/mol. The Balaban J connectivity index is 3.83. The average Bonchev–Trinajstić information content (AvgIpc) is 2.25. The zero-order valence-electron chi connectivity index (χ0n) is 10.5. The summed E-state index contributed by atoms with van der Waals surface area (Å²) in [4.78, 5) is 11.6. The van der Waals surface area contributed by atoms with Gasteiger partial charge in [0.05, 0.1) is 5.92 Å². The van der Waals surface area contributed by atoms with Crippen molar-refractivity contribution in [3.05, 3.63) is 0 Å². The van der Waals surface area contributed by atoms with Gasteiger partial charge in [0.25, 0.3) is 0 Å². The number of rotatable bonds is 8. The molecule has 0 rings (SSSR count). The van der Waals surface area contributed by atoms with Gasteiger partial charge in [0.1, 0.15) is 0 Å². The SMILES string of the molecule is CCCC(CN)C(=O)NCCC(C)S(C)=O. The highest BCUT2D eigenvalue weighted by Crippen LogP contribution is 2.04. The van der Waals surface area contributed by atoms with Crippen LogP contribution in [0, 0.1) is 5.92 Å². The Labute approximate surface area is 101 Å². The molecule has 0 aromatic heterocycles. The van der Waals surface area contributed by atoms with Crippen molar-refractivity contribution in [2.24, 2.45) is 11.7 Å². The van der Waals surface area contributed by atoms with Gasteiger partial charge in [-0.2, -0.15) is 0 Å². The fourth-order valence-electron chi connectivity index (χ4n) is 1.41. The van der Waals surface area contributed by atoms with Gasteiger partial charge >= 0.3 is 0 Å². The molecule has 5 heteroatoms. The van der Waals surface area contributed by atoms with Crippen LogP contribution in [-0.4, -0.2) is 34.7 Å². The normalized spacial score (nSPS) is 16.5. The Morgan fingerprint density at radius 2 is 2.06 bits per heavy atom. The molecule has 3 unspecified atom stereocenters. The van der Waals surface area contributed by atoms with Crippen LogP contribution in [0.5, 0.6) is 0 Å². The van der Waals surface area contributed by atoms with Gasteiger partial charge in [0.15, 0.2) is 0 Å². The van der Waals surface area contributed by atoms with Crippen molar-refractivity contribution in [1.29, 1.82) is 0 Å². The first-order valence-corrected chi connectivity index (χ1v) is 7.45. The lowest BCUT2D eigenvalue weighted by molar-refractivity contribution is -0.124. The number of nitrogens with two attached hydrogens (primary N) is 1. The number of hydrogen-bond donors (Lipinski definition) is 2. The first-order chi connectivity index (χ1) is 7.52. The summed E-state index contributed by atoms with van der Waals surface area (Å²) in [6.07, 6.45) is 4.23. The van der Waals surface area contributed by atoms with Crippen LogP contribution in [0.15, 0.2) is 0 Å². The molecular weight excluding hydrogens is 224 g/mol. The first-order valence-electron chi connectivity index (χ1n) is 5.82. The van der Waals surface area contributed by atoms with Crippen molar-refractivity contribution in [1.82, 2.24) is 5.32 Å². The molecule has 3 atom stereocenters. The third-order valence-corrected chi connectivity index (χ3v) is 4.08. The second-order valence-corrected chi connectivity index (χ2v) is 5.91. The standard InChI is InChI=1S/C11H24N2O2S/c1-4-5-10(8-12)11(14)13-7-6-9(2)16(3)15/h9-10H,4-8,12H2,1-3H3,(H,13,14).